The van der Waals surface area contributed by atoms with Crippen molar-refractivity contribution in [1.82, 2.24) is 0 Å². The van der Waals surface area contributed by atoms with E-state index in [0.717, 1.165) is 12.8 Å². The molecule has 0 fully saturated rings. The molecule has 0 spiro atoms. The van der Waals surface area contributed by atoms with Crippen molar-refractivity contribution in [3.05, 3.63) is 0 Å². The molecule has 12 heavy (non-hydrogen) atoms. The molecule has 0 aromatic rings. The molecular weight excluding hydrogens is 156 g/mol. The van der Waals surface area contributed by atoms with E-state index in [4.69, 9.17) is 9.84 Å². The van der Waals surface area contributed by atoms with Crippen LogP contribution >= 0.6 is 0 Å². The molecular formula is C9H18O3. The topological polar surface area (TPSA) is 46.5 Å². The SMILES string of the molecule is CCOC(=O)C[C@H](C)CCCO. The van der Waals surface area contributed by atoms with Gasteiger partial charge in [0.2, 0.25) is 0 Å². The molecule has 1 atom stereocenters. The number of aliphatic hydroxyl groups excluding tert-OH is 1. The van der Waals surface area contributed by atoms with Gasteiger partial charge in [0.05, 0.1) is 6.61 Å². The van der Waals surface area contributed by atoms with Crippen molar-refractivity contribution in [3.8, 4) is 0 Å². The summed E-state index contributed by atoms with van der Waals surface area (Å²) in [5.74, 6) is 0.180. The Labute approximate surface area is 73.7 Å². The Kier molecular flexibility index (Phi) is 6.76. The van der Waals surface area contributed by atoms with Gasteiger partial charge in [-0.3, -0.25) is 4.79 Å². The van der Waals surface area contributed by atoms with Crippen LogP contribution in [0.4, 0.5) is 0 Å². The number of carbonyl (C=O) groups is 1. The second-order valence-corrected chi connectivity index (χ2v) is 2.98. The van der Waals surface area contributed by atoms with Crippen molar-refractivity contribution in [2.45, 2.75) is 33.1 Å². The third-order valence-electron chi connectivity index (χ3n) is 1.68. The fourth-order valence-corrected chi connectivity index (χ4v) is 1.05. The molecule has 0 aromatic carbocycles. The highest BCUT2D eigenvalue weighted by molar-refractivity contribution is 5.69. The average Bonchev–Trinajstić information content (AvgIpc) is 2.01. The van der Waals surface area contributed by atoms with Gasteiger partial charge in [-0.15, -0.1) is 0 Å². The first-order valence-electron chi connectivity index (χ1n) is 4.47. The smallest absolute Gasteiger partial charge is 0.306 e. The quantitative estimate of drug-likeness (QED) is 0.618. The van der Waals surface area contributed by atoms with Gasteiger partial charge in [-0.05, 0) is 25.7 Å². The molecule has 72 valence electrons. The molecule has 0 amide bonds. The van der Waals surface area contributed by atoms with Crippen LogP contribution in [0, 0.1) is 5.92 Å². The van der Waals surface area contributed by atoms with Crippen LogP contribution in [0.25, 0.3) is 0 Å². The number of rotatable bonds is 6. The summed E-state index contributed by atoms with van der Waals surface area (Å²) in [6.07, 6.45) is 2.11. The number of esters is 1. The summed E-state index contributed by atoms with van der Waals surface area (Å²) in [6.45, 7) is 4.45. The summed E-state index contributed by atoms with van der Waals surface area (Å²) in [5.41, 5.74) is 0. The predicted octanol–water partition coefficient (Wildman–Crippen LogP) is 1.35. The van der Waals surface area contributed by atoms with Crippen LogP contribution in [0.1, 0.15) is 33.1 Å². The molecule has 0 aliphatic heterocycles. The molecule has 0 rings (SSSR count). The Morgan fingerprint density at radius 3 is 2.75 bits per heavy atom. The molecule has 0 unspecified atom stereocenters. The van der Waals surface area contributed by atoms with Crippen LogP contribution < -0.4 is 0 Å². The predicted molar refractivity (Wildman–Crippen MR) is 46.7 cm³/mol. The van der Waals surface area contributed by atoms with E-state index < -0.39 is 0 Å². The molecule has 0 heterocycles. The summed E-state index contributed by atoms with van der Waals surface area (Å²) in [4.78, 5) is 10.9. The average molecular weight is 174 g/mol. The number of hydrogen-bond donors (Lipinski definition) is 1. The molecule has 0 saturated carbocycles. The minimum Gasteiger partial charge on any atom is -0.466 e. The van der Waals surface area contributed by atoms with Gasteiger partial charge in [0.1, 0.15) is 0 Å². The zero-order chi connectivity index (χ0) is 9.40. The number of aliphatic hydroxyl groups is 1. The maximum atomic E-state index is 10.9. The van der Waals surface area contributed by atoms with Crippen molar-refractivity contribution in [2.24, 2.45) is 5.92 Å². The lowest BCUT2D eigenvalue weighted by Crippen LogP contribution is -2.09. The van der Waals surface area contributed by atoms with Crippen molar-refractivity contribution in [1.29, 1.82) is 0 Å². The molecule has 0 aliphatic rings. The first-order chi connectivity index (χ1) is 5.70. The highest BCUT2D eigenvalue weighted by Crippen LogP contribution is 2.10. The molecule has 3 nitrogen and oxygen atoms in total. The van der Waals surface area contributed by atoms with E-state index in [2.05, 4.69) is 0 Å². The van der Waals surface area contributed by atoms with Crippen molar-refractivity contribution >= 4 is 5.97 Å². The third kappa shape index (κ3) is 6.16. The second kappa shape index (κ2) is 7.10. The van der Waals surface area contributed by atoms with Crippen molar-refractivity contribution in [3.63, 3.8) is 0 Å². The monoisotopic (exact) mass is 174 g/mol. The van der Waals surface area contributed by atoms with E-state index in [1.54, 1.807) is 6.92 Å². The molecule has 0 aromatic heterocycles. The van der Waals surface area contributed by atoms with E-state index >= 15 is 0 Å². The molecule has 1 N–H and O–H groups in total. The fraction of sp³-hybridized carbons (Fsp3) is 0.889. The van der Waals surface area contributed by atoms with Gasteiger partial charge in [0.25, 0.3) is 0 Å². The van der Waals surface area contributed by atoms with Gasteiger partial charge < -0.3 is 9.84 Å². The van der Waals surface area contributed by atoms with Gasteiger partial charge in [-0.25, -0.2) is 0 Å². The maximum Gasteiger partial charge on any atom is 0.306 e. The fourth-order valence-electron chi connectivity index (χ4n) is 1.05. The van der Waals surface area contributed by atoms with E-state index in [-0.39, 0.29) is 12.6 Å². The molecule has 3 heteroatoms. The largest absolute Gasteiger partial charge is 0.466 e. The highest BCUT2D eigenvalue weighted by atomic mass is 16.5. The van der Waals surface area contributed by atoms with E-state index in [0.29, 0.717) is 18.9 Å². The third-order valence-corrected chi connectivity index (χ3v) is 1.68. The zero-order valence-corrected chi connectivity index (χ0v) is 7.88. The van der Waals surface area contributed by atoms with E-state index in [9.17, 15) is 4.79 Å². The lowest BCUT2D eigenvalue weighted by atomic mass is 10.0. The molecule has 0 bridgehead atoms. The molecule has 0 aliphatic carbocycles. The van der Waals surface area contributed by atoms with Gasteiger partial charge in [0.15, 0.2) is 0 Å². The van der Waals surface area contributed by atoms with E-state index in [1.807, 2.05) is 6.92 Å². The van der Waals surface area contributed by atoms with Gasteiger partial charge in [0, 0.05) is 13.0 Å². The first kappa shape index (κ1) is 11.4. The molecule has 0 radical (unpaired) electrons. The van der Waals surface area contributed by atoms with Crippen LogP contribution in [0.3, 0.4) is 0 Å². The Bertz CT molecular complexity index is 123. The highest BCUT2D eigenvalue weighted by Gasteiger charge is 2.08. The normalized spacial score (nSPS) is 12.6. The Balaban J connectivity index is 3.40. The van der Waals surface area contributed by atoms with Crippen LogP contribution in [-0.2, 0) is 9.53 Å². The Hall–Kier alpha value is -0.570. The Morgan fingerprint density at radius 2 is 2.25 bits per heavy atom. The van der Waals surface area contributed by atoms with E-state index in [1.165, 1.54) is 0 Å². The number of ether oxygens (including phenoxy) is 1. The maximum absolute atomic E-state index is 10.9. The van der Waals surface area contributed by atoms with Crippen molar-refractivity contribution in [2.75, 3.05) is 13.2 Å². The second-order valence-electron chi connectivity index (χ2n) is 2.98. The van der Waals surface area contributed by atoms with Crippen LogP contribution in [0.2, 0.25) is 0 Å². The minimum absolute atomic E-state index is 0.136. The summed E-state index contributed by atoms with van der Waals surface area (Å²) in [7, 11) is 0. The van der Waals surface area contributed by atoms with Crippen LogP contribution in [0.5, 0.6) is 0 Å². The van der Waals surface area contributed by atoms with Gasteiger partial charge in [-0.1, -0.05) is 6.92 Å². The first-order valence-corrected chi connectivity index (χ1v) is 4.47. The summed E-state index contributed by atoms with van der Waals surface area (Å²) >= 11 is 0. The zero-order valence-electron chi connectivity index (χ0n) is 7.88. The van der Waals surface area contributed by atoms with Gasteiger partial charge in [-0.2, -0.15) is 0 Å². The van der Waals surface area contributed by atoms with Crippen molar-refractivity contribution < 1.29 is 14.6 Å². The Morgan fingerprint density at radius 1 is 1.58 bits per heavy atom. The summed E-state index contributed by atoms with van der Waals surface area (Å²) in [5, 5.41) is 8.54. The van der Waals surface area contributed by atoms with Gasteiger partial charge >= 0.3 is 5.97 Å². The lowest BCUT2D eigenvalue weighted by Gasteiger charge is -2.08. The minimum atomic E-state index is -0.136. The number of carbonyl (C=O) groups excluding carboxylic acids is 1. The van der Waals surface area contributed by atoms with Crippen LogP contribution in [-0.4, -0.2) is 24.3 Å². The summed E-state index contributed by atoms with van der Waals surface area (Å²) in [6, 6.07) is 0. The molecule has 0 saturated heterocycles. The number of hydrogen-bond acceptors (Lipinski definition) is 3. The lowest BCUT2D eigenvalue weighted by molar-refractivity contribution is -0.144. The standard InChI is InChI=1S/C9H18O3/c1-3-12-9(11)7-8(2)5-4-6-10/h8,10H,3-7H2,1-2H3/t8-/m1/s1. The van der Waals surface area contributed by atoms with Crippen LogP contribution in [0.15, 0.2) is 0 Å². The summed E-state index contributed by atoms with van der Waals surface area (Å²) < 4.78 is 4.79.